The Bertz CT molecular complexity index is 1050. The quantitative estimate of drug-likeness (QED) is 0.568. The number of amides is 2. The van der Waals surface area contributed by atoms with Crippen LogP contribution >= 0.6 is 0 Å². The number of rotatable bonds is 8. The van der Waals surface area contributed by atoms with E-state index in [9.17, 15) is 9.59 Å². The lowest BCUT2D eigenvalue weighted by Crippen LogP contribution is -2.33. The van der Waals surface area contributed by atoms with Gasteiger partial charge in [-0.2, -0.15) is 0 Å². The van der Waals surface area contributed by atoms with Gasteiger partial charge in [-0.25, -0.2) is 0 Å². The maximum atomic E-state index is 12.9. The maximum Gasteiger partial charge on any atom is 0.265 e. The lowest BCUT2D eigenvalue weighted by Gasteiger charge is -2.20. The largest absolute Gasteiger partial charge is 0.480 e. The first-order valence-electron chi connectivity index (χ1n) is 10.3. The highest BCUT2D eigenvalue weighted by Gasteiger charge is 2.21. The molecule has 0 aliphatic rings. The molecular formula is C25H27N3O3. The molecule has 2 aromatic carbocycles. The number of pyridine rings is 1. The molecule has 3 rings (SSSR count). The van der Waals surface area contributed by atoms with Gasteiger partial charge in [-0.05, 0) is 55.7 Å². The minimum absolute atomic E-state index is 0.275. The standard InChI is InChI=1S/C25H27N3O3/c1-4-22(31-23-12-11-17(2)14-18(23)3)25(30)28-21-10-6-5-9-20(21)24(29)27-16-19-8-7-13-26-15-19/h5-15,22H,4,16H2,1-3H3,(H,27,29)(H,28,30)/t22-/m1/s1. The first-order chi connectivity index (χ1) is 15.0. The van der Waals surface area contributed by atoms with Gasteiger partial charge in [-0.3, -0.25) is 14.6 Å². The molecule has 0 aliphatic carbocycles. The fourth-order valence-electron chi connectivity index (χ4n) is 3.19. The number of carbonyl (C=O) groups excluding carboxylic acids is 2. The summed E-state index contributed by atoms with van der Waals surface area (Å²) in [6, 6.07) is 16.5. The predicted molar refractivity (Wildman–Crippen MR) is 121 cm³/mol. The average molecular weight is 418 g/mol. The van der Waals surface area contributed by atoms with Gasteiger partial charge < -0.3 is 15.4 Å². The van der Waals surface area contributed by atoms with Crippen molar-refractivity contribution < 1.29 is 14.3 Å². The molecule has 2 amide bonds. The van der Waals surface area contributed by atoms with Crippen LogP contribution in [-0.2, 0) is 11.3 Å². The molecule has 0 aliphatic heterocycles. The van der Waals surface area contributed by atoms with Crippen molar-refractivity contribution in [2.75, 3.05) is 5.32 Å². The van der Waals surface area contributed by atoms with Crippen LogP contribution < -0.4 is 15.4 Å². The smallest absolute Gasteiger partial charge is 0.265 e. The summed E-state index contributed by atoms with van der Waals surface area (Å²) < 4.78 is 5.97. The van der Waals surface area contributed by atoms with Crippen molar-refractivity contribution in [3.8, 4) is 5.75 Å². The molecule has 0 bridgehead atoms. The zero-order chi connectivity index (χ0) is 22.2. The highest BCUT2D eigenvalue weighted by Crippen LogP contribution is 2.22. The minimum Gasteiger partial charge on any atom is -0.480 e. The van der Waals surface area contributed by atoms with E-state index in [1.54, 1.807) is 36.7 Å². The highest BCUT2D eigenvalue weighted by molar-refractivity contribution is 6.04. The van der Waals surface area contributed by atoms with Crippen LogP contribution in [0.25, 0.3) is 0 Å². The number of hydrogen-bond acceptors (Lipinski definition) is 4. The maximum absolute atomic E-state index is 12.9. The fourth-order valence-corrected chi connectivity index (χ4v) is 3.19. The third-order valence-electron chi connectivity index (χ3n) is 4.87. The van der Waals surface area contributed by atoms with Crippen molar-refractivity contribution in [1.82, 2.24) is 10.3 Å². The molecule has 0 saturated carbocycles. The van der Waals surface area contributed by atoms with E-state index in [0.717, 1.165) is 16.7 Å². The second-order valence-corrected chi connectivity index (χ2v) is 7.36. The van der Waals surface area contributed by atoms with Crippen LogP contribution in [0.1, 0.15) is 40.4 Å². The van der Waals surface area contributed by atoms with Crippen molar-refractivity contribution in [1.29, 1.82) is 0 Å². The van der Waals surface area contributed by atoms with Crippen LogP contribution in [0.15, 0.2) is 67.0 Å². The Morgan fingerprint density at radius 3 is 2.58 bits per heavy atom. The van der Waals surface area contributed by atoms with Gasteiger partial charge in [-0.15, -0.1) is 0 Å². The summed E-state index contributed by atoms with van der Waals surface area (Å²) in [7, 11) is 0. The molecule has 160 valence electrons. The molecule has 6 nitrogen and oxygen atoms in total. The molecule has 31 heavy (non-hydrogen) atoms. The zero-order valence-electron chi connectivity index (χ0n) is 18.0. The number of hydrogen-bond donors (Lipinski definition) is 2. The van der Waals surface area contributed by atoms with E-state index in [2.05, 4.69) is 15.6 Å². The van der Waals surface area contributed by atoms with Gasteiger partial charge in [0.2, 0.25) is 0 Å². The van der Waals surface area contributed by atoms with Crippen LogP contribution in [0.5, 0.6) is 5.75 Å². The molecule has 0 saturated heterocycles. The van der Waals surface area contributed by atoms with Gasteiger partial charge in [-0.1, -0.05) is 42.8 Å². The number of para-hydroxylation sites is 1. The summed E-state index contributed by atoms with van der Waals surface area (Å²) in [5.74, 6) is 0.105. The van der Waals surface area contributed by atoms with E-state index in [1.807, 2.05) is 51.1 Å². The Balaban J connectivity index is 1.69. The van der Waals surface area contributed by atoms with E-state index in [0.29, 0.717) is 30.0 Å². The Hall–Kier alpha value is -3.67. The number of anilines is 1. The molecule has 0 unspecified atom stereocenters. The number of nitrogens with zero attached hydrogens (tertiary/aromatic N) is 1. The molecule has 0 fully saturated rings. The monoisotopic (exact) mass is 417 g/mol. The van der Waals surface area contributed by atoms with Crippen LogP contribution in [0.4, 0.5) is 5.69 Å². The first-order valence-corrected chi connectivity index (χ1v) is 10.3. The van der Waals surface area contributed by atoms with Gasteiger partial charge >= 0.3 is 0 Å². The Labute approximate surface area is 182 Å². The summed E-state index contributed by atoms with van der Waals surface area (Å²) in [4.78, 5) is 29.7. The Morgan fingerprint density at radius 2 is 1.87 bits per heavy atom. The summed E-state index contributed by atoms with van der Waals surface area (Å²) in [6.07, 6.45) is 3.20. The van der Waals surface area contributed by atoms with Crippen LogP contribution in [0, 0.1) is 13.8 Å². The summed E-state index contributed by atoms with van der Waals surface area (Å²) in [5.41, 5.74) is 3.83. The van der Waals surface area contributed by atoms with E-state index in [4.69, 9.17) is 4.74 Å². The van der Waals surface area contributed by atoms with Crippen molar-refractivity contribution >= 4 is 17.5 Å². The van der Waals surface area contributed by atoms with E-state index >= 15 is 0 Å². The summed E-state index contributed by atoms with van der Waals surface area (Å²) in [6.45, 7) is 6.20. The molecule has 2 N–H and O–H groups in total. The molecule has 0 spiro atoms. The van der Waals surface area contributed by atoms with Crippen molar-refractivity contribution in [2.45, 2.75) is 39.8 Å². The van der Waals surface area contributed by atoms with E-state index < -0.39 is 6.10 Å². The van der Waals surface area contributed by atoms with Gasteiger partial charge in [0, 0.05) is 18.9 Å². The molecule has 1 aromatic heterocycles. The van der Waals surface area contributed by atoms with Crippen LogP contribution in [0.3, 0.4) is 0 Å². The number of carbonyl (C=O) groups is 2. The average Bonchev–Trinajstić information content (AvgIpc) is 2.78. The van der Waals surface area contributed by atoms with Crippen molar-refractivity contribution in [3.63, 3.8) is 0 Å². The third-order valence-corrected chi connectivity index (χ3v) is 4.87. The first kappa shape index (κ1) is 22.0. The molecular weight excluding hydrogens is 390 g/mol. The van der Waals surface area contributed by atoms with Gasteiger partial charge in [0.15, 0.2) is 6.10 Å². The number of benzene rings is 2. The van der Waals surface area contributed by atoms with Crippen LogP contribution in [0.2, 0.25) is 0 Å². The highest BCUT2D eigenvalue weighted by atomic mass is 16.5. The summed E-state index contributed by atoms with van der Waals surface area (Å²) in [5, 5.41) is 5.72. The zero-order valence-corrected chi connectivity index (χ0v) is 18.0. The molecule has 3 aromatic rings. The minimum atomic E-state index is -0.673. The third kappa shape index (κ3) is 5.92. The Kier molecular flexibility index (Phi) is 7.38. The van der Waals surface area contributed by atoms with Gasteiger partial charge in [0.05, 0.1) is 11.3 Å². The van der Waals surface area contributed by atoms with Gasteiger partial charge in [0.25, 0.3) is 11.8 Å². The number of aromatic nitrogens is 1. The number of ether oxygens (including phenoxy) is 1. The Morgan fingerprint density at radius 1 is 1.06 bits per heavy atom. The fraction of sp³-hybridized carbons (Fsp3) is 0.240. The molecule has 1 heterocycles. The predicted octanol–water partition coefficient (Wildman–Crippen LogP) is 4.42. The normalized spacial score (nSPS) is 11.5. The topological polar surface area (TPSA) is 80.3 Å². The van der Waals surface area contributed by atoms with E-state index in [-0.39, 0.29) is 11.8 Å². The lowest BCUT2D eigenvalue weighted by molar-refractivity contribution is -0.122. The lowest BCUT2D eigenvalue weighted by atomic mass is 10.1. The SMILES string of the molecule is CC[C@@H](Oc1ccc(C)cc1C)C(=O)Nc1ccccc1C(=O)NCc1cccnc1. The summed E-state index contributed by atoms with van der Waals surface area (Å²) >= 11 is 0. The molecule has 1 atom stereocenters. The number of aryl methyl sites for hydroxylation is 2. The number of nitrogens with one attached hydrogen (secondary N) is 2. The second-order valence-electron chi connectivity index (χ2n) is 7.36. The molecule has 0 radical (unpaired) electrons. The van der Waals surface area contributed by atoms with Gasteiger partial charge in [0.1, 0.15) is 5.75 Å². The second kappa shape index (κ2) is 10.4. The molecule has 6 heteroatoms. The van der Waals surface area contributed by atoms with Crippen molar-refractivity contribution in [2.24, 2.45) is 0 Å². The van der Waals surface area contributed by atoms with Crippen molar-refractivity contribution in [3.05, 3.63) is 89.2 Å². The van der Waals surface area contributed by atoms with Crippen LogP contribution in [-0.4, -0.2) is 22.9 Å². The van der Waals surface area contributed by atoms with E-state index in [1.165, 1.54) is 0 Å².